The summed E-state index contributed by atoms with van der Waals surface area (Å²) >= 11 is 0. The zero-order valence-electron chi connectivity index (χ0n) is 15.3. The van der Waals surface area contributed by atoms with E-state index < -0.39 is 5.97 Å². The molecular formula is C21H38O2. The Morgan fingerprint density at radius 2 is 1.30 bits per heavy atom. The Morgan fingerprint density at radius 1 is 0.783 bits per heavy atom. The number of aliphatic carboxylic acids is 1. The molecule has 0 unspecified atom stereocenters. The monoisotopic (exact) mass is 322 g/mol. The van der Waals surface area contributed by atoms with Gasteiger partial charge >= 0.3 is 5.97 Å². The number of rotatable bonds is 9. The first-order valence-corrected chi connectivity index (χ1v) is 10.4. The van der Waals surface area contributed by atoms with Crippen molar-refractivity contribution >= 4 is 5.97 Å². The van der Waals surface area contributed by atoms with Crippen LogP contribution in [0.1, 0.15) is 103 Å². The van der Waals surface area contributed by atoms with Crippen LogP contribution in [0.5, 0.6) is 0 Å². The molecule has 2 nitrogen and oxygen atoms in total. The second-order valence-corrected chi connectivity index (χ2v) is 8.36. The molecule has 2 heteroatoms. The molecule has 0 radical (unpaired) electrons. The molecule has 0 heterocycles. The van der Waals surface area contributed by atoms with Crippen molar-refractivity contribution in [3.05, 3.63) is 0 Å². The fraction of sp³-hybridized carbons (Fsp3) is 0.952. The number of carboxylic acids is 1. The maximum atomic E-state index is 10.8. The summed E-state index contributed by atoms with van der Waals surface area (Å²) < 4.78 is 0. The normalized spacial score (nSPS) is 31.9. The number of carboxylic acid groups (broad SMARTS) is 1. The van der Waals surface area contributed by atoms with Crippen LogP contribution in [0.15, 0.2) is 0 Å². The third kappa shape index (κ3) is 6.85. The van der Waals surface area contributed by atoms with Gasteiger partial charge < -0.3 is 5.11 Å². The molecule has 2 saturated carbocycles. The number of hydrogen-bond donors (Lipinski definition) is 1. The lowest BCUT2D eigenvalue weighted by Gasteiger charge is -2.37. The van der Waals surface area contributed by atoms with Gasteiger partial charge in [0.2, 0.25) is 0 Å². The van der Waals surface area contributed by atoms with Gasteiger partial charge in [-0.2, -0.15) is 0 Å². The summed E-state index contributed by atoms with van der Waals surface area (Å²) in [5, 5.41) is 8.93. The number of unbranched alkanes of at least 4 members (excludes halogenated alkanes) is 4. The van der Waals surface area contributed by atoms with Crippen molar-refractivity contribution in [1.82, 2.24) is 0 Å². The van der Waals surface area contributed by atoms with Gasteiger partial charge in [-0.3, -0.25) is 4.79 Å². The second-order valence-electron chi connectivity index (χ2n) is 8.36. The van der Waals surface area contributed by atoms with Crippen LogP contribution in [0.4, 0.5) is 0 Å². The maximum Gasteiger partial charge on any atom is 0.303 e. The van der Waals surface area contributed by atoms with Crippen molar-refractivity contribution in [3.8, 4) is 0 Å². The van der Waals surface area contributed by atoms with Crippen molar-refractivity contribution in [3.63, 3.8) is 0 Å². The first kappa shape index (κ1) is 18.8. The van der Waals surface area contributed by atoms with E-state index in [0.29, 0.717) is 12.3 Å². The average Bonchev–Trinajstić information content (AvgIpc) is 2.55. The molecule has 0 aliphatic heterocycles. The lowest BCUT2D eigenvalue weighted by Crippen LogP contribution is -2.26. The smallest absolute Gasteiger partial charge is 0.303 e. The van der Waals surface area contributed by atoms with Gasteiger partial charge in [0.05, 0.1) is 0 Å². The Hall–Kier alpha value is -0.530. The molecule has 2 fully saturated rings. The molecule has 0 spiro atoms. The molecule has 0 aromatic heterocycles. The summed E-state index contributed by atoms with van der Waals surface area (Å²) in [6.45, 7) is 2.29. The van der Waals surface area contributed by atoms with Crippen molar-refractivity contribution in [2.45, 2.75) is 103 Å². The lowest BCUT2D eigenvalue weighted by molar-refractivity contribution is -0.138. The first-order chi connectivity index (χ1) is 11.2. The summed E-state index contributed by atoms with van der Waals surface area (Å²) in [6, 6.07) is 0. The number of hydrogen-bond acceptors (Lipinski definition) is 1. The van der Waals surface area contributed by atoms with E-state index in [1.807, 2.05) is 0 Å². The Labute approximate surface area is 143 Å². The van der Waals surface area contributed by atoms with Gasteiger partial charge in [-0.05, 0) is 62.2 Å². The quantitative estimate of drug-likeness (QED) is 0.496. The SMILES string of the molecule is CCCCCCC[C@H]1CC[C@H]([C@H]2CC[C@H](CC(=O)O)CC2)CC1. The summed E-state index contributed by atoms with van der Waals surface area (Å²) in [7, 11) is 0. The van der Waals surface area contributed by atoms with E-state index >= 15 is 0 Å². The minimum absolute atomic E-state index is 0.400. The molecule has 134 valence electrons. The van der Waals surface area contributed by atoms with Crippen LogP contribution in [-0.2, 0) is 4.79 Å². The van der Waals surface area contributed by atoms with E-state index in [1.165, 1.54) is 77.0 Å². The van der Waals surface area contributed by atoms with Gasteiger partial charge in [-0.15, -0.1) is 0 Å². The highest BCUT2D eigenvalue weighted by atomic mass is 16.4. The van der Waals surface area contributed by atoms with E-state index in [9.17, 15) is 4.79 Å². The molecule has 0 amide bonds. The molecule has 0 saturated heterocycles. The summed E-state index contributed by atoms with van der Waals surface area (Å²) in [5.74, 6) is 2.73. The molecule has 0 bridgehead atoms. The minimum Gasteiger partial charge on any atom is -0.481 e. The van der Waals surface area contributed by atoms with Gasteiger partial charge in [0.25, 0.3) is 0 Å². The molecular weight excluding hydrogens is 284 g/mol. The van der Waals surface area contributed by atoms with E-state index in [2.05, 4.69) is 6.92 Å². The molecule has 23 heavy (non-hydrogen) atoms. The molecule has 2 rings (SSSR count). The molecule has 0 atom stereocenters. The topological polar surface area (TPSA) is 37.3 Å². The first-order valence-electron chi connectivity index (χ1n) is 10.4. The van der Waals surface area contributed by atoms with Crippen molar-refractivity contribution in [1.29, 1.82) is 0 Å². The Bertz CT molecular complexity index is 323. The van der Waals surface area contributed by atoms with Gasteiger partial charge in [-0.1, -0.05) is 58.3 Å². The minimum atomic E-state index is -0.604. The molecule has 1 N–H and O–H groups in total. The largest absolute Gasteiger partial charge is 0.481 e. The third-order valence-electron chi connectivity index (χ3n) is 6.63. The second kappa shape index (κ2) is 10.4. The Balaban J connectivity index is 1.57. The molecule has 0 aromatic rings. The highest BCUT2D eigenvalue weighted by Crippen LogP contribution is 2.42. The summed E-state index contributed by atoms with van der Waals surface area (Å²) in [6.07, 6.45) is 19.7. The van der Waals surface area contributed by atoms with Crippen LogP contribution in [-0.4, -0.2) is 11.1 Å². The van der Waals surface area contributed by atoms with Crippen molar-refractivity contribution < 1.29 is 9.90 Å². The Kier molecular flexibility index (Phi) is 8.47. The Morgan fingerprint density at radius 3 is 1.83 bits per heavy atom. The molecule has 2 aliphatic carbocycles. The standard InChI is InChI=1S/C21H38O2/c1-2-3-4-5-6-7-17-8-12-19(13-9-17)20-14-10-18(11-15-20)16-21(22)23/h17-20H,2-16H2,1H3,(H,22,23)/t17-,18-,19-,20-. The van der Waals surface area contributed by atoms with E-state index in [-0.39, 0.29) is 0 Å². The van der Waals surface area contributed by atoms with E-state index in [4.69, 9.17) is 5.11 Å². The fourth-order valence-electron chi connectivity index (χ4n) is 5.10. The molecule has 2 aliphatic rings. The van der Waals surface area contributed by atoms with E-state index in [0.717, 1.165) is 30.6 Å². The van der Waals surface area contributed by atoms with Crippen LogP contribution in [0.2, 0.25) is 0 Å². The van der Waals surface area contributed by atoms with Gasteiger partial charge in [-0.25, -0.2) is 0 Å². The summed E-state index contributed by atoms with van der Waals surface area (Å²) in [5.41, 5.74) is 0. The van der Waals surface area contributed by atoms with Crippen LogP contribution < -0.4 is 0 Å². The fourth-order valence-corrected chi connectivity index (χ4v) is 5.10. The predicted molar refractivity (Wildman–Crippen MR) is 96.5 cm³/mol. The highest BCUT2D eigenvalue weighted by Gasteiger charge is 2.31. The summed E-state index contributed by atoms with van der Waals surface area (Å²) in [4.78, 5) is 10.8. The van der Waals surface area contributed by atoms with Crippen LogP contribution >= 0.6 is 0 Å². The van der Waals surface area contributed by atoms with E-state index in [1.54, 1.807) is 0 Å². The lowest BCUT2D eigenvalue weighted by atomic mass is 9.68. The highest BCUT2D eigenvalue weighted by molar-refractivity contribution is 5.67. The predicted octanol–water partition coefficient (Wildman–Crippen LogP) is 6.43. The molecule has 0 aromatic carbocycles. The van der Waals surface area contributed by atoms with Gasteiger partial charge in [0.15, 0.2) is 0 Å². The third-order valence-corrected chi connectivity index (χ3v) is 6.63. The zero-order chi connectivity index (χ0) is 16.5. The number of carbonyl (C=O) groups is 1. The van der Waals surface area contributed by atoms with Gasteiger partial charge in [0, 0.05) is 6.42 Å². The maximum absolute atomic E-state index is 10.8. The van der Waals surface area contributed by atoms with Gasteiger partial charge in [0.1, 0.15) is 0 Å². The average molecular weight is 323 g/mol. The van der Waals surface area contributed by atoms with Crippen LogP contribution in [0.3, 0.4) is 0 Å². The van der Waals surface area contributed by atoms with Crippen LogP contribution in [0.25, 0.3) is 0 Å². The van der Waals surface area contributed by atoms with Crippen molar-refractivity contribution in [2.24, 2.45) is 23.7 Å². The zero-order valence-corrected chi connectivity index (χ0v) is 15.3. The van der Waals surface area contributed by atoms with Crippen LogP contribution in [0, 0.1) is 23.7 Å². The van der Waals surface area contributed by atoms with Crippen molar-refractivity contribution in [2.75, 3.05) is 0 Å².